The molecule has 3 rings (SSSR count). The molecule has 0 aliphatic carbocycles. The van der Waals surface area contributed by atoms with Crippen molar-refractivity contribution in [3.63, 3.8) is 0 Å². The third-order valence-electron chi connectivity index (χ3n) is 3.97. The molecule has 0 saturated heterocycles. The molecular formula is C22H21NO. The Bertz CT molecular complexity index is 820. The number of carbonyl (C=O) groups excluding carboxylic acids is 1. The first-order chi connectivity index (χ1) is 11.6. The zero-order valence-corrected chi connectivity index (χ0v) is 14.1. The summed E-state index contributed by atoms with van der Waals surface area (Å²) < 4.78 is 0. The van der Waals surface area contributed by atoms with Crippen LogP contribution >= 0.6 is 0 Å². The van der Waals surface area contributed by atoms with E-state index in [-0.39, 0.29) is 5.78 Å². The quantitative estimate of drug-likeness (QED) is 0.607. The van der Waals surface area contributed by atoms with Gasteiger partial charge in [-0.2, -0.15) is 0 Å². The van der Waals surface area contributed by atoms with E-state index >= 15 is 0 Å². The van der Waals surface area contributed by atoms with Crippen molar-refractivity contribution in [2.45, 2.75) is 20.3 Å². The van der Waals surface area contributed by atoms with Crippen LogP contribution in [0.4, 0.5) is 0 Å². The van der Waals surface area contributed by atoms with Gasteiger partial charge in [-0.25, -0.2) is 0 Å². The molecule has 0 radical (unpaired) electrons. The summed E-state index contributed by atoms with van der Waals surface area (Å²) >= 11 is 0. The van der Waals surface area contributed by atoms with Crippen LogP contribution in [0.15, 0.2) is 72.9 Å². The van der Waals surface area contributed by atoms with Crippen LogP contribution in [0, 0.1) is 5.92 Å². The van der Waals surface area contributed by atoms with Gasteiger partial charge in [-0.1, -0.05) is 68.4 Å². The molecule has 0 atom stereocenters. The van der Waals surface area contributed by atoms with Crippen LogP contribution in [0.5, 0.6) is 0 Å². The number of aromatic nitrogens is 1. The highest BCUT2D eigenvalue weighted by Crippen LogP contribution is 2.24. The van der Waals surface area contributed by atoms with Crippen LogP contribution in [0.25, 0.3) is 11.3 Å². The van der Waals surface area contributed by atoms with E-state index in [9.17, 15) is 4.79 Å². The second kappa shape index (κ2) is 7.22. The summed E-state index contributed by atoms with van der Waals surface area (Å²) in [6, 6.07) is 21.3. The van der Waals surface area contributed by atoms with E-state index < -0.39 is 0 Å². The Morgan fingerprint density at radius 2 is 1.62 bits per heavy atom. The fourth-order valence-electron chi connectivity index (χ4n) is 2.85. The third kappa shape index (κ3) is 3.60. The van der Waals surface area contributed by atoms with Crippen molar-refractivity contribution in [3.05, 3.63) is 89.6 Å². The van der Waals surface area contributed by atoms with Crippen molar-refractivity contribution in [2.75, 3.05) is 0 Å². The fraction of sp³-hybridized carbons (Fsp3) is 0.182. The molecule has 3 aromatic rings. The molecule has 0 amide bonds. The molecule has 2 aromatic carbocycles. The second-order valence-electron chi connectivity index (χ2n) is 6.38. The topological polar surface area (TPSA) is 30.0 Å². The summed E-state index contributed by atoms with van der Waals surface area (Å²) in [4.78, 5) is 17.3. The lowest BCUT2D eigenvalue weighted by Crippen LogP contribution is -2.04. The predicted octanol–water partition coefficient (Wildman–Crippen LogP) is 5.18. The standard InChI is InChI=1S/C22H21NO/c1-16(2)15-17-10-12-18(13-11-17)22(24)20-8-4-3-7-19(20)21-9-5-6-14-23-21/h3-14,16H,15H2,1-2H3. The molecule has 0 spiro atoms. The third-order valence-corrected chi connectivity index (χ3v) is 3.97. The van der Waals surface area contributed by atoms with Gasteiger partial charge in [0.15, 0.2) is 5.78 Å². The maximum Gasteiger partial charge on any atom is 0.193 e. The highest BCUT2D eigenvalue weighted by atomic mass is 16.1. The predicted molar refractivity (Wildman–Crippen MR) is 98.1 cm³/mol. The van der Waals surface area contributed by atoms with Gasteiger partial charge in [-0.15, -0.1) is 0 Å². The van der Waals surface area contributed by atoms with Gasteiger partial charge in [0.05, 0.1) is 5.69 Å². The average Bonchev–Trinajstić information content (AvgIpc) is 2.62. The number of pyridine rings is 1. The van der Waals surface area contributed by atoms with Crippen LogP contribution in [-0.4, -0.2) is 10.8 Å². The zero-order chi connectivity index (χ0) is 16.9. The van der Waals surface area contributed by atoms with Gasteiger partial charge in [0.25, 0.3) is 0 Å². The van der Waals surface area contributed by atoms with Gasteiger partial charge in [-0.05, 0) is 30.0 Å². The summed E-state index contributed by atoms with van der Waals surface area (Å²) in [6.45, 7) is 4.39. The Hall–Kier alpha value is -2.74. The number of benzene rings is 2. The van der Waals surface area contributed by atoms with Crippen molar-refractivity contribution >= 4 is 5.78 Å². The first kappa shape index (κ1) is 16.1. The molecule has 2 heteroatoms. The SMILES string of the molecule is CC(C)Cc1ccc(C(=O)c2ccccc2-c2ccccn2)cc1. The minimum absolute atomic E-state index is 0.0346. The van der Waals surface area contributed by atoms with E-state index in [1.165, 1.54) is 5.56 Å². The summed E-state index contributed by atoms with van der Waals surface area (Å²) in [5, 5.41) is 0. The van der Waals surface area contributed by atoms with Crippen LogP contribution in [0.3, 0.4) is 0 Å². The minimum Gasteiger partial charge on any atom is -0.289 e. The smallest absolute Gasteiger partial charge is 0.193 e. The van der Waals surface area contributed by atoms with Crippen LogP contribution in [0.2, 0.25) is 0 Å². The van der Waals surface area contributed by atoms with Gasteiger partial charge in [0.2, 0.25) is 0 Å². The van der Waals surface area contributed by atoms with Gasteiger partial charge >= 0.3 is 0 Å². The maximum absolute atomic E-state index is 12.9. The monoisotopic (exact) mass is 315 g/mol. The van der Waals surface area contributed by atoms with E-state index in [0.717, 1.165) is 17.7 Å². The Kier molecular flexibility index (Phi) is 4.85. The summed E-state index contributed by atoms with van der Waals surface area (Å²) in [5.74, 6) is 0.642. The van der Waals surface area contributed by atoms with Crippen LogP contribution in [0.1, 0.15) is 35.3 Å². The van der Waals surface area contributed by atoms with Crippen molar-refractivity contribution in [3.8, 4) is 11.3 Å². The van der Waals surface area contributed by atoms with Gasteiger partial charge < -0.3 is 0 Å². The van der Waals surface area contributed by atoms with E-state index in [0.29, 0.717) is 17.0 Å². The largest absolute Gasteiger partial charge is 0.289 e. The lowest BCUT2D eigenvalue weighted by atomic mass is 9.95. The Balaban J connectivity index is 1.93. The molecule has 0 saturated carbocycles. The molecule has 0 N–H and O–H groups in total. The van der Waals surface area contributed by atoms with E-state index in [1.807, 2.05) is 54.6 Å². The molecule has 120 valence electrons. The maximum atomic E-state index is 12.9. The minimum atomic E-state index is 0.0346. The molecule has 0 fully saturated rings. The molecule has 0 aliphatic rings. The number of nitrogens with zero attached hydrogens (tertiary/aromatic N) is 1. The number of carbonyl (C=O) groups is 1. The number of hydrogen-bond donors (Lipinski definition) is 0. The van der Waals surface area contributed by atoms with Crippen LogP contribution in [-0.2, 0) is 6.42 Å². The van der Waals surface area contributed by atoms with E-state index in [4.69, 9.17) is 0 Å². The van der Waals surface area contributed by atoms with Gasteiger partial charge in [0, 0.05) is 22.9 Å². The van der Waals surface area contributed by atoms with E-state index in [1.54, 1.807) is 6.20 Å². The average molecular weight is 315 g/mol. The Morgan fingerprint density at radius 3 is 2.29 bits per heavy atom. The Morgan fingerprint density at radius 1 is 0.917 bits per heavy atom. The Labute approximate surface area is 143 Å². The van der Waals surface area contributed by atoms with Crippen molar-refractivity contribution in [1.82, 2.24) is 4.98 Å². The summed E-state index contributed by atoms with van der Waals surface area (Å²) in [5.41, 5.74) is 4.35. The molecule has 0 aliphatic heterocycles. The highest BCUT2D eigenvalue weighted by molar-refractivity contribution is 6.12. The lowest BCUT2D eigenvalue weighted by molar-refractivity contribution is 0.103. The molecule has 2 nitrogen and oxygen atoms in total. The van der Waals surface area contributed by atoms with Gasteiger partial charge in [-0.3, -0.25) is 9.78 Å². The first-order valence-electron chi connectivity index (χ1n) is 8.29. The molecular weight excluding hydrogens is 294 g/mol. The number of hydrogen-bond acceptors (Lipinski definition) is 2. The first-order valence-corrected chi connectivity index (χ1v) is 8.29. The summed E-state index contributed by atoms with van der Waals surface area (Å²) in [7, 11) is 0. The number of ketones is 1. The van der Waals surface area contributed by atoms with Gasteiger partial charge in [0.1, 0.15) is 0 Å². The molecule has 1 aromatic heterocycles. The molecule has 1 heterocycles. The van der Waals surface area contributed by atoms with E-state index in [2.05, 4.69) is 31.0 Å². The zero-order valence-electron chi connectivity index (χ0n) is 14.1. The fourth-order valence-corrected chi connectivity index (χ4v) is 2.85. The highest BCUT2D eigenvalue weighted by Gasteiger charge is 2.15. The summed E-state index contributed by atoms with van der Waals surface area (Å²) in [6.07, 6.45) is 2.77. The van der Waals surface area contributed by atoms with Crippen molar-refractivity contribution < 1.29 is 4.79 Å². The van der Waals surface area contributed by atoms with Crippen molar-refractivity contribution in [2.24, 2.45) is 5.92 Å². The number of rotatable bonds is 5. The second-order valence-corrected chi connectivity index (χ2v) is 6.38. The normalized spacial score (nSPS) is 10.8. The molecule has 0 unspecified atom stereocenters. The lowest BCUT2D eigenvalue weighted by Gasteiger charge is -2.09. The van der Waals surface area contributed by atoms with Crippen molar-refractivity contribution in [1.29, 1.82) is 0 Å². The van der Waals surface area contributed by atoms with Crippen LogP contribution < -0.4 is 0 Å². The molecule has 0 bridgehead atoms. The molecule has 24 heavy (non-hydrogen) atoms.